The number of carboxylic acids is 1. The van der Waals surface area contributed by atoms with E-state index in [0.29, 0.717) is 43.4 Å². The van der Waals surface area contributed by atoms with E-state index in [-0.39, 0.29) is 29.5 Å². The molecular weight excluding hydrogens is 496 g/mol. The Hall–Kier alpha value is -3.87. The fourth-order valence-electron chi connectivity index (χ4n) is 4.32. The van der Waals surface area contributed by atoms with E-state index in [0.717, 1.165) is 11.1 Å². The first kappa shape index (κ1) is 24.8. The quantitative estimate of drug-likeness (QED) is 0.354. The third kappa shape index (κ3) is 5.31. The van der Waals surface area contributed by atoms with Crippen molar-refractivity contribution in [1.82, 2.24) is 14.3 Å². The van der Waals surface area contributed by atoms with Crippen molar-refractivity contribution in [2.45, 2.75) is 24.9 Å². The van der Waals surface area contributed by atoms with Gasteiger partial charge in [0.15, 0.2) is 0 Å². The van der Waals surface area contributed by atoms with Gasteiger partial charge in [-0.25, -0.2) is 23.6 Å². The summed E-state index contributed by atoms with van der Waals surface area (Å²) in [6.07, 6.45) is 1.67. The van der Waals surface area contributed by atoms with Crippen molar-refractivity contribution < 1.29 is 23.1 Å². The summed E-state index contributed by atoms with van der Waals surface area (Å²) in [7, 11) is -3.97. The molecule has 0 atom stereocenters. The molecule has 0 spiro atoms. The highest BCUT2D eigenvalue weighted by Gasteiger charge is 2.35. The van der Waals surface area contributed by atoms with Gasteiger partial charge >= 0.3 is 5.97 Å². The predicted octanol–water partition coefficient (Wildman–Crippen LogP) is 2.47. The molecule has 2 N–H and O–H groups in total. The van der Waals surface area contributed by atoms with E-state index in [2.05, 4.69) is 25.4 Å². The second kappa shape index (κ2) is 10.2. The van der Waals surface area contributed by atoms with Gasteiger partial charge in [0.25, 0.3) is 0 Å². The van der Waals surface area contributed by atoms with E-state index >= 15 is 0 Å². The Bertz CT molecular complexity index is 1470. The van der Waals surface area contributed by atoms with E-state index in [1.165, 1.54) is 28.6 Å². The zero-order chi connectivity index (χ0) is 26.0. The number of nitrogens with one attached hydrogen (secondary N) is 1. The molecule has 1 aromatic heterocycles. The molecule has 1 saturated heterocycles. The van der Waals surface area contributed by atoms with Crippen molar-refractivity contribution in [3.8, 4) is 0 Å². The number of hydrogen-bond acceptors (Lipinski definition) is 9. The summed E-state index contributed by atoms with van der Waals surface area (Å²) in [5, 5.41) is 13.6. The summed E-state index contributed by atoms with van der Waals surface area (Å²) in [4.78, 5) is 22.6. The molecule has 0 saturated carbocycles. The monoisotopic (exact) mass is 522 g/mol. The van der Waals surface area contributed by atoms with Gasteiger partial charge in [0.2, 0.25) is 16.0 Å². The lowest BCUT2D eigenvalue weighted by Gasteiger charge is -2.29. The average Bonchev–Trinajstić information content (AvgIpc) is 3.34. The number of hydrogen-bond donors (Lipinski definition) is 2. The Labute approximate surface area is 214 Å². The molecule has 2 aliphatic rings. The van der Waals surface area contributed by atoms with Gasteiger partial charge in [0.05, 0.1) is 42.1 Å². The SMILES string of the molecule is Cc1cccc(/C=N/Nc2nc3c(c(N4CCOCC4)n2)CN(S(=O)(=O)c2cccc(C(=O)O)c2)C3)c1. The number of aromatic carboxylic acids is 1. The summed E-state index contributed by atoms with van der Waals surface area (Å²) in [6.45, 7) is 4.42. The van der Waals surface area contributed by atoms with Gasteiger partial charge in [-0.3, -0.25) is 0 Å². The molecule has 11 nitrogen and oxygen atoms in total. The zero-order valence-corrected chi connectivity index (χ0v) is 21.0. The minimum absolute atomic E-state index is 0.0328. The summed E-state index contributed by atoms with van der Waals surface area (Å²) in [5.41, 5.74) is 6.11. The van der Waals surface area contributed by atoms with E-state index in [4.69, 9.17) is 4.74 Å². The molecule has 192 valence electrons. The molecule has 3 aromatic rings. The second-order valence-electron chi connectivity index (χ2n) is 8.79. The van der Waals surface area contributed by atoms with E-state index < -0.39 is 16.0 Å². The van der Waals surface area contributed by atoms with Crippen LogP contribution in [0.25, 0.3) is 0 Å². The van der Waals surface area contributed by atoms with E-state index in [1.807, 2.05) is 31.2 Å². The molecule has 1 fully saturated rings. The fraction of sp³-hybridized carbons (Fsp3) is 0.280. The van der Waals surface area contributed by atoms with Gasteiger partial charge < -0.3 is 14.7 Å². The maximum absolute atomic E-state index is 13.4. The molecular formula is C25H26N6O5S. The number of morpholine rings is 1. The summed E-state index contributed by atoms with van der Waals surface area (Å²) in [5.74, 6) is -0.293. The molecule has 0 radical (unpaired) electrons. The van der Waals surface area contributed by atoms with Crippen LogP contribution < -0.4 is 10.3 Å². The molecule has 0 bridgehead atoms. The first-order valence-electron chi connectivity index (χ1n) is 11.7. The van der Waals surface area contributed by atoms with Crippen LogP contribution >= 0.6 is 0 Å². The number of ether oxygens (including phenoxy) is 1. The lowest BCUT2D eigenvalue weighted by Crippen LogP contribution is -2.37. The highest BCUT2D eigenvalue weighted by molar-refractivity contribution is 7.89. The van der Waals surface area contributed by atoms with Crippen LogP contribution in [0, 0.1) is 6.92 Å². The van der Waals surface area contributed by atoms with Crippen molar-refractivity contribution in [3.05, 3.63) is 76.5 Å². The van der Waals surface area contributed by atoms with Gasteiger partial charge in [-0.05, 0) is 30.7 Å². The van der Waals surface area contributed by atoms with Gasteiger partial charge in [-0.1, -0.05) is 35.9 Å². The highest BCUT2D eigenvalue weighted by atomic mass is 32.2. The summed E-state index contributed by atoms with van der Waals surface area (Å²) < 4.78 is 33.6. The first-order chi connectivity index (χ1) is 17.8. The number of anilines is 2. The molecule has 0 aliphatic carbocycles. The van der Waals surface area contributed by atoms with Crippen molar-refractivity contribution >= 4 is 34.0 Å². The Balaban J connectivity index is 1.45. The van der Waals surface area contributed by atoms with Crippen LogP contribution in [0.1, 0.15) is 32.7 Å². The van der Waals surface area contributed by atoms with Gasteiger partial charge in [-0.2, -0.15) is 14.4 Å². The van der Waals surface area contributed by atoms with Crippen LogP contribution in [0.3, 0.4) is 0 Å². The minimum Gasteiger partial charge on any atom is -0.478 e. The Morgan fingerprint density at radius 3 is 2.65 bits per heavy atom. The van der Waals surface area contributed by atoms with Crippen molar-refractivity contribution in [2.75, 3.05) is 36.6 Å². The minimum atomic E-state index is -3.97. The number of aryl methyl sites for hydroxylation is 1. The Kier molecular flexibility index (Phi) is 6.87. The summed E-state index contributed by atoms with van der Waals surface area (Å²) in [6, 6.07) is 13.2. The van der Waals surface area contributed by atoms with Crippen LogP contribution in [-0.2, 0) is 27.8 Å². The van der Waals surface area contributed by atoms with Crippen LogP contribution in [-0.4, -0.2) is 66.3 Å². The van der Waals surface area contributed by atoms with Crippen molar-refractivity contribution in [1.29, 1.82) is 0 Å². The number of carboxylic acid groups (broad SMARTS) is 1. The molecule has 0 unspecified atom stereocenters. The topological polar surface area (TPSA) is 137 Å². The van der Waals surface area contributed by atoms with E-state index in [9.17, 15) is 18.3 Å². The molecule has 0 amide bonds. The molecule has 5 rings (SSSR count). The number of aromatic nitrogens is 2. The molecule has 2 aliphatic heterocycles. The maximum Gasteiger partial charge on any atom is 0.335 e. The number of fused-ring (bicyclic) bond motifs is 1. The number of carbonyl (C=O) groups is 1. The fourth-order valence-corrected chi connectivity index (χ4v) is 5.74. The smallest absolute Gasteiger partial charge is 0.335 e. The lowest BCUT2D eigenvalue weighted by molar-refractivity contribution is 0.0696. The second-order valence-corrected chi connectivity index (χ2v) is 10.7. The highest BCUT2D eigenvalue weighted by Crippen LogP contribution is 2.34. The average molecular weight is 523 g/mol. The number of rotatable bonds is 7. The number of benzene rings is 2. The number of hydrazone groups is 1. The van der Waals surface area contributed by atoms with Gasteiger partial charge in [-0.15, -0.1) is 0 Å². The van der Waals surface area contributed by atoms with Crippen LogP contribution in [0.15, 0.2) is 58.5 Å². The third-order valence-corrected chi connectivity index (χ3v) is 7.97. The lowest BCUT2D eigenvalue weighted by atomic mass is 10.2. The van der Waals surface area contributed by atoms with Gasteiger partial charge in [0, 0.05) is 25.2 Å². The van der Waals surface area contributed by atoms with Gasteiger partial charge in [0.1, 0.15) is 5.82 Å². The molecule has 12 heteroatoms. The molecule has 37 heavy (non-hydrogen) atoms. The van der Waals surface area contributed by atoms with Crippen molar-refractivity contribution in [3.63, 3.8) is 0 Å². The molecule has 2 aromatic carbocycles. The Morgan fingerprint density at radius 2 is 1.89 bits per heavy atom. The van der Waals surface area contributed by atoms with E-state index in [1.54, 1.807) is 6.21 Å². The summed E-state index contributed by atoms with van der Waals surface area (Å²) >= 11 is 0. The van der Waals surface area contributed by atoms with Crippen LogP contribution in [0.2, 0.25) is 0 Å². The Morgan fingerprint density at radius 1 is 1.11 bits per heavy atom. The largest absolute Gasteiger partial charge is 0.478 e. The van der Waals surface area contributed by atoms with Crippen LogP contribution in [0.4, 0.5) is 11.8 Å². The van der Waals surface area contributed by atoms with Crippen LogP contribution in [0.5, 0.6) is 0 Å². The maximum atomic E-state index is 13.4. The standard InChI is InChI=1S/C25H26N6O5S/c1-17-4-2-5-18(12-17)14-26-29-25-27-22-16-31(15-21(22)23(28-25)30-8-10-36-11-9-30)37(34,35)20-7-3-6-19(13-20)24(32)33/h2-7,12-14H,8-11,15-16H2,1H3,(H,32,33)(H,27,28,29)/b26-14+. The normalized spacial score (nSPS) is 16.2. The zero-order valence-electron chi connectivity index (χ0n) is 20.2. The predicted molar refractivity (Wildman–Crippen MR) is 137 cm³/mol. The first-order valence-corrected chi connectivity index (χ1v) is 13.2. The number of nitrogens with zero attached hydrogens (tertiary/aromatic N) is 5. The number of sulfonamides is 1. The molecule has 3 heterocycles. The van der Waals surface area contributed by atoms with Crippen molar-refractivity contribution in [2.24, 2.45) is 5.10 Å². The third-order valence-electron chi connectivity index (χ3n) is 6.18.